The molecule has 26 N–H and O–H groups in total. The van der Waals surface area contributed by atoms with Crippen molar-refractivity contribution in [3.05, 3.63) is 138 Å². The first-order valence-corrected chi connectivity index (χ1v) is 42.8. The summed E-state index contributed by atoms with van der Waals surface area (Å²) in [6.07, 6.45) is -2.38. The highest BCUT2D eigenvalue weighted by Crippen LogP contribution is 2.22. The number of amides is 14. The molecule has 0 aliphatic heterocycles. The fourth-order valence-electron chi connectivity index (χ4n) is 13.6. The zero-order valence-electron chi connectivity index (χ0n) is 73.7. The van der Waals surface area contributed by atoms with Crippen molar-refractivity contribution < 1.29 is 117 Å². The molecule has 1 aromatic heterocycles. The summed E-state index contributed by atoms with van der Waals surface area (Å²) in [4.78, 5) is 239. The quantitative estimate of drug-likeness (QED) is 0.0193. The highest BCUT2D eigenvalue weighted by atomic mass is 16.4. The lowest BCUT2D eigenvalue weighted by molar-refractivity contribution is -0.145. The summed E-state index contributed by atoms with van der Waals surface area (Å²) in [5.41, 5.74) is 14.3. The number of hydrogen-bond acceptors (Lipinski definition) is 23. The number of aromatic nitrogens is 1. The van der Waals surface area contributed by atoms with Crippen LogP contribution in [0.2, 0.25) is 0 Å². The van der Waals surface area contributed by atoms with E-state index in [1.54, 1.807) is 140 Å². The Kier molecular flexibility index (Phi) is 44.3. The molecule has 41 heteroatoms. The molecule has 706 valence electrons. The Hall–Kier alpha value is -13.0. The van der Waals surface area contributed by atoms with Crippen molar-refractivity contribution in [1.82, 2.24) is 79.4 Å². The van der Waals surface area contributed by atoms with Crippen LogP contribution < -0.4 is 85.9 Å². The molecular weight excluding hydrogens is 1680 g/mol. The summed E-state index contributed by atoms with van der Waals surface area (Å²) in [6, 6.07) is 6.29. The first kappa shape index (κ1) is 107. The fourth-order valence-corrected chi connectivity index (χ4v) is 13.6. The average molecular weight is 1810 g/mol. The highest BCUT2D eigenvalue weighted by Gasteiger charge is 2.41. The number of benzene rings is 4. The van der Waals surface area contributed by atoms with Gasteiger partial charge in [-0.2, -0.15) is 0 Å². The number of rotatable bonds is 56. The lowest BCUT2D eigenvalue weighted by Crippen LogP contribution is -2.62. The number of para-hydroxylation sites is 1. The van der Waals surface area contributed by atoms with Gasteiger partial charge >= 0.3 is 17.9 Å². The molecule has 0 aliphatic carbocycles. The van der Waals surface area contributed by atoms with Gasteiger partial charge in [0.2, 0.25) is 82.7 Å². The van der Waals surface area contributed by atoms with Crippen molar-refractivity contribution >= 4 is 112 Å². The Labute approximate surface area is 746 Å². The van der Waals surface area contributed by atoms with Gasteiger partial charge < -0.3 is 127 Å². The van der Waals surface area contributed by atoms with Crippen LogP contribution in [0.25, 0.3) is 10.9 Å². The molecule has 0 saturated heterocycles. The van der Waals surface area contributed by atoms with E-state index >= 15 is 4.79 Å². The van der Waals surface area contributed by atoms with Gasteiger partial charge in [-0.3, -0.25) is 76.7 Å². The second-order valence-corrected chi connectivity index (χ2v) is 32.4. The normalized spacial score (nSPS) is 15.4. The Morgan fingerprint density at radius 2 is 0.775 bits per heavy atom. The lowest BCUT2D eigenvalue weighted by atomic mass is 9.94. The maximum atomic E-state index is 15.2. The van der Waals surface area contributed by atoms with Crippen LogP contribution >= 0.6 is 0 Å². The summed E-state index contributed by atoms with van der Waals surface area (Å²) >= 11 is 0. The van der Waals surface area contributed by atoms with Gasteiger partial charge in [0, 0.05) is 49.2 Å². The van der Waals surface area contributed by atoms with E-state index in [0.717, 1.165) is 6.92 Å². The number of carboxylic acid groups (broad SMARTS) is 3. The SMILES string of the molecule is CC[C@H](C)[C@H](NC(=O)[C@H](CC(=O)O)NC(=O)[C@H](CCCN)NC(=O)[C@H](CO)NC(=O)[C@H](Cc1c[nH]c2ccccc12)NC(=O)[C@H](Cc1ccccc1)NC(=O)[C@@H](NC(=O)[C@H](CC(C)C)NC(=O)[C@@H](NC(=O)[C@@H](N)CCC(=O)O)[C@@H](C)CC)[C@@H](C)CC)C(=O)NCC(=O)N[C@@H](Cc1ccc(O)cc1)C(=O)N[C@@H](CO)C(=O)N[C@@H](Cc1ccccc1)C(=O)N[C@H](C(=O)O)[C@@H](C)O. The molecule has 0 spiro atoms. The van der Waals surface area contributed by atoms with Crippen molar-refractivity contribution in [2.24, 2.45) is 35.1 Å². The average Bonchev–Trinajstić information content (AvgIpc) is 1.67. The van der Waals surface area contributed by atoms with Crippen molar-refractivity contribution in [3.8, 4) is 5.75 Å². The van der Waals surface area contributed by atoms with Gasteiger partial charge in [0.1, 0.15) is 78.3 Å². The molecule has 5 aromatic rings. The summed E-state index contributed by atoms with van der Waals surface area (Å²) in [5.74, 6) is -21.1. The number of nitrogens with two attached hydrogens (primary N) is 2. The molecule has 1 heterocycles. The Morgan fingerprint density at radius 3 is 1.23 bits per heavy atom. The molecular formula is C88H125N17O24. The number of phenols is 1. The van der Waals surface area contributed by atoms with Gasteiger partial charge in [-0.25, -0.2) is 4.79 Å². The second kappa shape index (κ2) is 53.6. The van der Waals surface area contributed by atoms with Crippen LogP contribution in [-0.2, 0) is 107 Å². The predicted octanol–water partition coefficient (Wildman–Crippen LogP) is -2.40. The van der Waals surface area contributed by atoms with E-state index in [9.17, 15) is 112 Å². The Bertz CT molecular complexity index is 4620. The van der Waals surface area contributed by atoms with Crippen molar-refractivity contribution in [2.45, 2.75) is 236 Å². The number of nitrogens with one attached hydrogen (secondary N) is 15. The van der Waals surface area contributed by atoms with Crippen LogP contribution in [0.4, 0.5) is 0 Å². The number of phenolic OH excluding ortho intramolecular Hbond substituents is 1. The second-order valence-electron chi connectivity index (χ2n) is 32.4. The first-order chi connectivity index (χ1) is 61.1. The number of aromatic amines is 1. The van der Waals surface area contributed by atoms with Gasteiger partial charge in [0.25, 0.3) is 0 Å². The van der Waals surface area contributed by atoms with Crippen LogP contribution in [0.1, 0.15) is 142 Å². The number of carboxylic acids is 3. The number of hydrogen-bond donors (Lipinski definition) is 24. The highest BCUT2D eigenvalue weighted by molar-refractivity contribution is 6.01. The maximum absolute atomic E-state index is 15.2. The zero-order chi connectivity index (χ0) is 95.9. The predicted molar refractivity (Wildman–Crippen MR) is 469 cm³/mol. The van der Waals surface area contributed by atoms with Crippen molar-refractivity contribution in [2.75, 3.05) is 26.3 Å². The molecule has 41 nitrogen and oxygen atoms in total. The zero-order valence-corrected chi connectivity index (χ0v) is 73.7. The number of carbonyl (C=O) groups is 17. The van der Waals surface area contributed by atoms with Crippen molar-refractivity contribution in [3.63, 3.8) is 0 Å². The van der Waals surface area contributed by atoms with Gasteiger partial charge in [-0.05, 0) is 103 Å². The molecule has 0 aliphatic rings. The monoisotopic (exact) mass is 1800 g/mol. The molecule has 0 unspecified atom stereocenters. The van der Waals surface area contributed by atoms with E-state index in [4.69, 9.17) is 11.5 Å². The van der Waals surface area contributed by atoms with E-state index in [1.807, 2.05) is 0 Å². The van der Waals surface area contributed by atoms with Crippen LogP contribution in [-0.4, -0.2) is 258 Å². The maximum Gasteiger partial charge on any atom is 0.328 e. The van der Waals surface area contributed by atoms with Crippen LogP contribution in [0.3, 0.4) is 0 Å². The molecule has 0 fully saturated rings. The van der Waals surface area contributed by atoms with Gasteiger partial charge in [-0.15, -0.1) is 0 Å². The Balaban J connectivity index is 1.36. The Morgan fingerprint density at radius 1 is 0.395 bits per heavy atom. The number of aromatic hydroxyl groups is 1. The van der Waals surface area contributed by atoms with E-state index < -0.39 is 242 Å². The van der Waals surface area contributed by atoms with Crippen LogP contribution in [0.15, 0.2) is 115 Å². The molecule has 0 bridgehead atoms. The number of H-pyrrole nitrogens is 1. The van der Waals surface area contributed by atoms with Crippen LogP contribution in [0, 0.1) is 23.7 Å². The molecule has 14 amide bonds. The lowest BCUT2D eigenvalue weighted by Gasteiger charge is -2.31. The van der Waals surface area contributed by atoms with Gasteiger partial charge in [0.15, 0.2) is 6.04 Å². The molecule has 5 rings (SSSR count). The third-order valence-electron chi connectivity index (χ3n) is 21.8. The van der Waals surface area contributed by atoms with E-state index in [2.05, 4.69) is 79.4 Å². The van der Waals surface area contributed by atoms with E-state index in [-0.39, 0.29) is 82.4 Å². The third kappa shape index (κ3) is 34.9. The van der Waals surface area contributed by atoms with Gasteiger partial charge in [-0.1, -0.05) is 166 Å². The number of aliphatic carboxylic acids is 3. The fraction of sp³-hybridized carbons (Fsp3) is 0.511. The summed E-state index contributed by atoms with van der Waals surface area (Å²) < 4.78 is 0. The molecule has 4 aromatic carbocycles. The minimum Gasteiger partial charge on any atom is -0.508 e. The molecule has 0 radical (unpaired) electrons. The summed E-state index contributed by atoms with van der Waals surface area (Å²) in [6.45, 7) is 11.4. The van der Waals surface area contributed by atoms with E-state index in [1.165, 1.54) is 31.2 Å². The number of carbonyl (C=O) groups excluding carboxylic acids is 14. The number of fused-ring (bicyclic) bond motifs is 1. The van der Waals surface area contributed by atoms with Gasteiger partial charge in [0.05, 0.1) is 38.3 Å². The summed E-state index contributed by atoms with van der Waals surface area (Å²) in [7, 11) is 0. The standard InChI is InChI=1S/C88H125N17O24/c1-10-47(6)71(85(125)92-43-68(110)93-61(39-53-29-31-55(109)32-30-53)77(117)100-67(45-107)84(124)95-63(38-52-24-17-14-18-25-52)81(121)105-74(50(9)108)88(128)129)103-82(122)65(41-70(113)114)97-76(116)59(28-21-35-89)94-83(123)66(44-106)101-79(119)64(40-54-42-91-58-27-20-19-26-56(54)58)96-78(118)62(37-51-22-15-13-16-23-51)99-87(127)73(49(8)12-3)104-80(120)60(36-46(4)5)98-86(126)72(48(7)11-2)102-75(115)57(90)33-34-69(111)112/h13-20,22-27,29-32,42,46-50,57,59-67,71-74,91,106-109H,10-12,21,28,33-41,43-45,89-90H2,1-9H3,(H,92,125)(H,93,110)(H,94,123)(H,95,124)(H,96,118)(H,97,116)(H,98,126)(H,99,127)(H,100,117)(H,101,119)(H,102,115)(H,103,122)(H,104,120)(H,105,121)(H,111,112)(H,113,114)(H,128,129)/t47-,48-,49-,50+,57-,59-,60-,61-,62-,63-,64-,65-,66-,67-,71-,72-,73-,74-/m0/s1. The first-order valence-electron chi connectivity index (χ1n) is 42.8. The summed E-state index contributed by atoms with van der Waals surface area (Å²) in [5, 5.41) is 106. The van der Waals surface area contributed by atoms with E-state index in [0.29, 0.717) is 39.6 Å². The largest absolute Gasteiger partial charge is 0.508 e. The molecule has 0 saturated carbocycles. The minimum atomic E-state index is -2.02. The smallest absolute Gasteiger partial charge is 0.328 e. The molecule has 18 atom stereocenters. The minimum absolute atomic E-state index is 0.0152. The topological polar surface area (TPSA) is 668 Å². The van der Waals surface area contributed by atoms with Crippen LogP contribution in [0.5, 0.6) is 5.75 Å². The third-order valence-corrected chi connectivity index (χ3v) is 21.8. The molecule has 129 heavy (non-hydrogen) atoms. The number of aliphatic hydroxyl groups excluding tert-OH is 3. The number of aliphatic hydroxyl groups is 3. The van der Waals surface area contributed by atoms with Crippen molar-refractivity contribution in [1.29, 1.82) is 0 Å².